The third-order valence-electron chi connectivity index (χ3n) is 1.87. The van der Waals surface area contributed by atoms with Crippen LogP contribution in [0, 0.1) is 0 Å². The quantitative estimate of drug-likeness (QED) is 0.826. The molecule has 0 atom stereocenters. The summed E-state index contributed by atoms with van der Waals surface area (Å²) in [6.07, 6.45) is 0.219. The summed E-state index contributed by atoms with van der Waals surface area (Å²) in [5, 5.41) is 9.37. The molecule has 5 heteroatoms. The fourth-order valence-electron chi connectivity index (χ4n) is 1.00. The fourth-order valence-corrected chi connectivity index (χ4v) is 1.51. The Morgan fingerprint density at radius 2 is 1.94 bits per heavy atom. The van der Waals surface area contributed by atoms with E-state index in [0.29, 0.717) is 15.8 Å². The van der Waals surface area contributed by atoms with Crippen LogP contribution >= 0.6 is 23.2 Å². The van der Waals surface area contributed by atoms with Crippen molar-refractivity contribution in [2.24, 2.45) is 0 Å². The first-order chi connectivity index (χ1) is 7.52. The van der Waals surface area contributed by atoms with Crippen LogP contribution in [0.1, 0.15) is 6.42 Å². The molecule has 0 unspecified atom stereocenters. The molecule has 16 heavy (non-hydrogen) atoms. The number of carboxylic acid groups (broad SMARTS) is 1. The highest BCUT2D eigenvalue weighted by atomic mass is 35.5. The van der Waals surface area contributed by atoms with Crippen LogP contribution in [0.5, 0.6) is 5.75 Å². The van der Waals surface area contributed by atoms with Gasteiger partial charge >= 0.3 is 5.97 Å². The largest absolute Gasteiger partial charge is 0.490 e. The number of carboxylic acids is 1. The molecule has 0 amide bonds. The standard InChI is InChI=1S/C11H10Cl2O3/c1-7(11(14)15)5-6-16-10-8(12)3-2-4-9(10)13/h2-4H,1,5-6H2,(H,14,15). The highest BCUT2D eigenvalue weighted by Gasteiger charge is 2.08. The van der Waals surface area contributed by atoms with Gasteiger partial charge in [0.15, 0.2) is 5.75 Å². The van der Waals surface area contributed by atoms with Gasteiger partial charge in [-0.1, -0.05) is 35.8 Å². The molecular weight excluding hydrogens is 251 g/mol. The second kappa shape index (κ2) is 5.77. The predicted molar refractivity (Wildman–Crippen MR) is 63.3 cm³/mol. The van der Waals surface area contributed by atoms with E-state index in [1.807, 2.05) is 0 Å². The van der Waals surface area contributed by atoms with Crippen molar-refractivity contribution in [1.82, 2.24) is 0 Å². The maximum absolute atomic E-state index is 10.5. The zero-order valence-electron chi connectivity index (χ0n) is 8.37. The molecule has 0 saturated carbocycles. The highest BCUT2D eigenvalue weighted by molar-refractivity contribution is 6.37. The Morgan fingerprint density at radius 3 is 2.44 bits per heavy atom. The lowest BCUT2D eigenvalue weighted by atomic mass is 10.2. The number of carbonyl (C=O) groups is 1. The highest BCUT2D eigenvalue weighted by Crippen LogP contribution is 2.32. The minimum Gasteiger partial charge on any atom is -0.490 e. The van der Waals surface area contributed by atoms with Gasteiger partial charge in [0.2, 0.25) is 0 Å². The molecule has 0 saturated heterocycles. The van der Waals surface area contributed by atoms with Crippen LogP contribution in [0.25, 0.3) is 0 Å². The van der Waals surface area contributed by atoms with Crippen LogP contribution in [-0.2, 0) is 4.79 Å². The van der Waals surface area contributed by atoms with Crippen LogP contribution in [0.15, 0.2) is 30.4 Å². The fraction of sp³-hybridized carbons (Fsp3) is 0.182. The molecule has 0 heterocycles. The minimum absolute atomic E-state index is 0.0863. The Kier molecular flexibility index (Phi) is 4.65. The van der Waals surface area contributed by atoms with Gasteiger partial charge in [-0.25, -0.2) is 4.79 Å². The SMILES string of the molecule is C=C(CCOc1c(Cl)cccc1Cl)C(=O)O. The maximum Gasteiger partial charge on any atom is 0.331 e. The Labute approximate surface area is 103 Å². The van der Waals surface area contributed by atoms with Crippen LogP contribution < -0.4 is 4.74 Å². The Morgan fingerprint density at radius 1 is 1.38 bits per heavy atom. The van der Waals surface area contributed by atoms with Gasteiger partial charge in [-0.05, 0) is 12.1 Å². The van der Waals surface area contributed by atoms with E-state index in [9.17, 15) is 4.79 Å². The molecule has 1 rings (SSSR count). The van der Waals surface area contributed by atoms with Gasteiger partial charge < -0.3 is 9.84 Å². The van der Waals surface area contributed by atoms with E-state index in [-0.39, 0.29) is 18.6 Å². The molecule has 0 fully saturated rings. The number of hydrogen-bond acceptors (Lipinski definition) is 2. The molecule has 1 N–H and O–H groups in total. The average molecular weight is 261 g/mol. The van der Waals surface area contributed by atoms with Gasteiger partial charge in [0.1, 0.15) is 0 Å². The normalized spacial score (nSPS) is 9.88. The smallest absolute Gasteiger partial charge is 0.331 e. The third kappa shape index (κ3) is 3.43. The van der Waals surface area contributed by atoms with E-state index >= 15 is 0 Å². The monoisotopic (exact) mass is 260 g/mol. The van der Waals surface area contributed by atoms with Crippen molar-refractivity contribution >= 4 is 29.2 Å². The Bertz CT molecular complexity index is 395. The molecule has 3 nitrogen and oxygen atoms in total. The lowest BCUT2D eigenvalue weighted by Crippen LogP contribution is -2.05. The number of benzene rings is 1. The van der Waals surface area contributed by atoms with Crippen molar-refractivity contribution in [3.8, 4) is 5.75 Å². The molecule has 1 aromatic rings. The summed E-state index contributed by atoms with van der Waals surface area (Å²) >= 11 is 11.7. The minimum atomic E-state index is -1.03. The number of ether oxygens (including phenoxy) is 1. The molecule has 0 radical (unpaired) electrons. The van der Waals surface area contributed by atoms with E-state index in [4.69, 9.17) is 33.0 Å². The first-order valence-corrected chi connectivity index (χ1v) is 5.26. The van der Waals surface area contributed by atoms with Crippen molar-refractivity contribution in [2.75, 3.05) is 6.61 Å². The number of hydrogen-bond donors (Lipinski definition) is 1. The zero-order valence-corrected chi connectivity index (χ0v) is 9.88. The molecule has 86 valence electrons. The summed E-state index contributed by atoms with van der Waals surface area (Å²) in [5.74, 6) is -0.669. The van der Waals surface area contributed by atoms with Gasteiger partial charge in [0.05, 0.1) is 16.7 Å². The van der Waals surface area contributed by atoms with Crippen LogP contribution in [0.4, 0.5) is 0 Å². The molecule has 1 aromatic carbocycles. The van der Waals surface area contributed by atoms with Crippen LogP contribution in [0.3, 0.4) is 0 Å². The van der Waals surface area contributed by atoms with Gasteiger partial charge in [0.25, 0.3) is 0 Å². The van der Waals surface area contributed by atoms with Gasteiger partial charge in [0, 0.05) is 12.0 Å². The second-order valence-electron chi connectivity index (χ2n) is 3.06. The lowest BCUT2D eigenvalue weighted by Gasteiger charge is -2.09. The van der Waals surface area contributed by atoms with Gasteiger partial charge in [-0.2, -0.15) is 0 Å². The van der Waals surface area contributed by atoms with Crippen molar-refractivity contribution in [2.45, 2.75) is 6.42 Å². The van der Waals surface area contributed by atoms with E-state index < -0.39 is 5.97 Å². The lowest BCUT2D eigenvalue weighted by molar-refractivity contribution is -0.132. The maximum atomic E-state index is 10.5. The van der Waals surface area contributed by atoms with E-state index in [1.165, 1.54) is 0 Å². The van der Waals surface area contributed by atoms with E-state index in [2.05, 4.69) is 6.58 Å². The molecule has 0 aliphatic heterocycles. The third-order valence-corrected chi connectivity index (χ3v) is 2.47. The summed E-state index contributed by atoms with van der Waals surface area (Å²) in [7, 11) is 0. The second-order valence-corrected chi connectivity index (χ2v) is 3.87. The summed E-state index contributed by atoms with van der Waals surface area (Å²) in [6.45, 7) is 3.56. The van der Waals surface area contributed by atoms with E-state index in [0.717, 1.165) is 0 Å². The summed E-state index contributed by atoms with van der Waals surface area (Å²) in [6, 6.07) is 5.00. The summed E-state index contributed by atoms with van der Waals surface area (Å²) < 4.78 is 5.30. The number of rotatable bonds is 5. The Hall–Kier alpha value is -1.19. The number of para-hydroxylation sites is 1. The topological polar surface area (TPSA) is 46.5 Å². The molecule has 0 aromatic heterocycles. The summed E-state index contributed by atoms with van der Waals surface area (Å²) in [5.41, 5.74) is 0.0863. The summed E-state index contributed by atoms with van der Waals surface area (Å²) in [4.78, 5) is 10.5. The van der Waals surface area contributed by atoms with Crippen molar-refractivity contribution in [1.29, 1.82) is 0 Å². The zero-order chi connectivity index (χ0) is 12.1. The number of aliphatic carboxylic acids is 1. The van der Waals surface area contributed by atoms with Crippen LogP contribution in [0.2, 0.25) is 10.0 Å². The average Bonchev–Trinajstić information content (AvgIpc) is 2.22. The molecule has 0 bridgehead atoms. The molecule has 0 aliphatic carbocycles. The van der Waals surface area contributed by atoms with Crippen molar-refractivity contribution < 1.29 is 14.6 Å². The number of halogens is 2. The van der Waals surface area contributed by atoms with Gasteiger partial charge in [-0.3, -0.25) is 0 Å². The van der Waals surface area contributed by atoms with Crippen molar-refractivity contribution in [3.63, 3.8) is 0 Å². The van der Waals surface area contributed by atoms with E-state index in [1.54, 1.807) is 18.2 Å². The molecule has 0 aliphatic rings. The first kappa shape index (κ1) is 12.9. The molecule has 0 spiro atoms. The Balaban J connectivity index is 2.55. The molecular formula is C11H10Cl2O3. The first-order valence-electron chi connectivity index (χ1n) is 4.50. The van der Waals surface area contributed by atoms with Crippen molar-refractivity contribution in [3.05, 3.63) is 40.4 Å². The van der Waals surface area contributed by atoms with Crippen LogP contribution in [-0.4, -0.2) is 17.7 Å². The van der Waals surface area contributed by atoms with Gasteiger partial charge in [-0.15, -0.1) is 0 Å². The predicted octanol–water partition coefficient (Wildman–Crippen LogP) is 3.40.